The van der Waals surface area contributed by atoms with Crippen LogP contribution in [0, 0.1) is 13.8 Å². The fourth-order valence-electron chi connectivity index (χ4n) is 4.68. The molecule has 0 fully saturated rings. The maximum absolute atomic E-state index is 6.33. The molecule has 0 aliphatic carbocycles. The van der Waals surface area contributed by atoms with Crippen LogP contribution in [0.5, 0.6) is 0 Å². The van der Waals surface area contributed by atoms with Crippen molar-refractivity contribution in [2.75, 3.05) is 11.5 Å². The zero-order valence-electron chi connectivity index (χ0n) is 21.2. The average Bonchev–Trinajstić information content (AvgIpc) is 2.77. The van der Waals surface area contributed by atoms with Gasteiger partial charge in [0.1, 0.15) is 0 Å². The Hall–Kier alpha value is -2.74. The monoisotopic (exact) mass is 428 g/mol. The summed E-state index contributed by atoms with van der Waals surface area (Å²) >= 11 is 0. The summed E-state index contributed by atoms with van der Waals surface area (Å²) in [5.74, 6) is 0. The summed E-state index contributed by atoms with van der Waals surface area (Å²) in [7, 11) is 0. The SMILES string of the molecule is CCc1cc(C(C)(C)c2cccc(C(C)(C)c3cc(C)c(N)c(CC)c3)c2)cc(C)c1N. The van der Waals surface area contributed by atoms with E-state index in [0.29, 0.717) is 0 Å². The third-order valence-electron chi connectivity index (χ3n) is 7.46. The molecule has 2 nitrogen and oxygen atoms in total. The lowest BCUT2D eigenvalue weighted by Gasteiger charge is -2.32. The third-order valence-corrected chi connectivity index (χ3v) is 7.46. The van der Waals surface area contributed by atoms with E-state index in [4.69, 9.17) is 11.5 Å². The normalized spacial score (nSPS) is 12.2. The van der Waals surface area contributed by atoms with Crippen molar-refractivity contribution in [1.29, 1.82) is 0 Å². The van der Waals surface area contributed by atoms with Gasteiger partial charge in [-0.25, -0.2) is 0 Å². The lowest BCUT2D eigenvalue weighted by Crippen LogP contribution is -2.23. The van der Waals surface area contributed by atoms with Crippen LogP contribution in [-0.2, 0) is 23.7 Å². The van der Waals surface area contributed by atoms with Crippen LogP contribution in [0.1, 0.15) is 86.1 Å². The Bertz CT molecular complexity index is 1050. The van der Waals surface area contributed by atoms with Gasteiger partial charge in [-0.3, -0.25) is 0 Å². The fraction of sp³-hybridized carbons (Fsp3) is 0.400. The molecule has 4 N–H and O–H groups in total. The molecule has 0 heterocycles. The molecule has 0 aliphatic heterocycles. The first kappa shape index (κ1) is 23.9. The summed E-state index contributed by atoms with van der Waals surface area (Å²) in [6.07, 6.45) is 1.89. The van der Waals surface area contributed by atoms with E-state index in [1.165, 1.54) is 33.4 Å². The van der Waals surface area contributed by atoms with Gasteiger partial charge < -0.3 is 11.5 Å². The number of hydrogen-bond donors (Lipinski definition) is 2. The molecule has 0 amide bonds. The molecule has 0 radical (unpaired) electrons. The van der Waals surface area contributed by atoms with Gasteiger partial charge in [0, 0.05) is 22.2 Å². The van der Waals surface area contributed by atoms with Crippen molar-refractivity contribution in [2.24, 2.45) is 0 Å². The third kappa shape index (κ3) is 4.16. The largest absolute Gasteiger partial charge is 0.398 e. The van der Waals surface area contributed by atoms with Crippen molar-refractivity contribution >= 4 is 11.4 Å². The molecule has 2 heteroatoms. The Labute approximate surface area is 195 Å². The number of nitrogen functional groups attached to an aromatic ring is 2. The second-order valence-electron chi connectivity index (χ2n) is 10.3. The van der Waals surface area contributed by atoms with Crippen LogP contribution < -0.4 is 11.5 Å². The Kier molecular flexibility index (Phi) is 6.47. The van der Waals surface area contributed by atoms with E-state index in [9.17, 15) is 0 Å². The van der Waals surface area contributed by atoms with Gasteiger partial charge >= 0.3 is 0 Å². The minimum atomic E-state index is -0.125. The number of benzene rings is 3. The molecule has 0 aromatic heterocycles. The molecule has 0 aliphatic rings. The van der Waals surface area contributed by atoms with Gasteiger partial charge in [-0.1, -0.05) is 90.1 Å². The van der Waals surface area contributed by atoms with Gasteiger partial charge in [-0.15, -0.1) is 0 Å². The van der Waals surface area contributed by atoms with Crippen molar-refractivity contribution in [3.05, 3.63) is 93.0 Å². The van der Waals surface area contributed by atoms with Crippen LogP contribution in [0.3, 0.4) is 0 Å². The first-order chi connectivity index (χ1) is 14.9. The molecule has 170 valence electrons. The van der Waals surface area contributed by atoms with Gasteiger partial charge in [0.05, 0.1) is 0 Å². The zero-order chi connectivity index (χ0) is 23.8. The van der Waals surface area contributed by atoms with Crippen molar-refractivity contribution in [3.63, 3.8) is 0 Å². The van der Waals surface area contributed by atoms with Crippen LogP contribution in [0.2, 0.25) is 0 Å². The van der Waals surface area contributed by atoms with E-state index >= 15 is 0 Å². The molecule has 0 spiro atoms. The minimum absolute atomic E-state index is 0.125. The molecule has 0 unspecified atom stereocenters. The predicted octanol–water partition coefficient (Wildman–Crippen LogP) is 7.24. The van der Waals surface area contributed by atoms with Crippen LogP contribution in [0.4, 0.5) is 11.4 Å². The highest BCUT2D eigenvalue weighted by Gasteiger charge is 2.29. The average molecular weight is 429 g/mol. The molecule has 0 saturated heterocycles. The minimum Gasteiger partial charge on any atom is -0.398 e. The molecule has 3 aromatic rings. The fourth-order valence-corrected chi connectivity index (χ4v) is 4.68. The molecule has 32 heavy (non-hydrogen) atoms. The van der Waals surface area contributed by atoms with Gasteiger partial charge in [-0.2, -0.15) is 0 Å². The van der Waals surface area contributed by atoms with E-state index in [0.717, 1.165) is 35.3 Å². The van der Waals surface area contributed by atoms with Crippen LogP contribution >= 0.6 is 0 Å². The number of nitrogens with two attached hydrogens (primary N) is 2. The summed E-state index contributed by atoms with van der Waals surface area (Å²) in [5, 5.41) is 0. The second kappa shape index (κ2) is 8.65. The molecule has 3 aromatic carbocycles. The molecule has 3 rings (SSSR count). The van der Waals surface area contributed by atoms with Gasteiger partial charge in [-0.05, 0) is 71.2 Å². The first-order valence-electron chi connectivity index (χ1n) is 11.8. The Morgan fingerprint density at radius 2 is 0.969 bits per heavy atom. The van der Waals surface area contributed by atoms with E-state index < -0.39 is 0 Å². The Morgan fingerprint density at radius 1 is 0.594 bits per heavy atom. The quantitative estimate of drug-likeness (QED) is 0.406. The van der Waals surface area contributed by atoms with E-state index in [-0.39, 0.29) is 10.8 Å². The van der Waals surface area contributed by atoms with Gasteiger partial charge in [0.2, 0.25) is 0 Å². The molecule has 0 atom stereocenters. The smallest absolute Gasteiger partial charge is 0.0376 e. The first-order valence-corrected chi connectivity index (χ1v) is 11.8. The molecule has 0 saturated carbocycles. The summed E-state index contributed by atoms with van der Waals surface area (Å²) in [5.41, 5.74) is 24.3. The van der Waals surface area contributed by atoms with Crippen LogP contribution in [-0.4, -0.2) is 0 Å². The van der Waals surface area contributed by atoms with Gasteiger partial charge in [0.15, 0.2) is 0 Å². The van der Waals surface area contributed by atoms with Crippen molar-refractivity contribution in [1.82, 2.24) is 0 Å². The van der Waals surface area contributed by atoms with Gasteiger partial charge in [0.25, 0.3) is 0 Å². The van der Waals surface area contributed by atoms with Crippen LogP contribution in [0.15, 0.2) is 48.5 Å². The van der Waals surface area contributed by atoms with E-state index in [2.05, 4.69) is 104 Å². The van der Waals surface area contributed by atoms with E-state index in [1.54, 1.807) is 0 Å². The molecule has 0 bridgehead atoms. The summed E-state index contributed by atoms with van der Waals surface area (Å²) < 4.78 is 0. The summed E-state index contributed by atoms with van der Waals surface area (Å²) in [6, 6.07) is 18.2. The topological polar surface area (TPSA) is 52.0 Å². The highest BCUT2D eigenvalue weighted by Crippen LogP contribution is 2.39. The maximum atomic E-state index is 6.33. The predicted molar refractivity (Wildman–Crippen MR) is 141 cm³/mol. The lowest BCUT2D eigenvalue weighted by atomic mass is 9.72. The number of hydrogen-bond acceptors (Lipinski definition) is 2. The van der Waals surface area contributed by atoms with Crippen molar-refractivity contribution in [2.45, 2.75) is 79.1 Å². The Morgan fingerprint density at radius 3 is 1.31 bits per heavy atom. The van der Waals surface area contributed by atoms with E-state index in [1.807, 2.05) is 0 Å². The lowest BCUT2D eigenvalue weighted by molar-refractivity contribution is 0.616. The number of anilines is 2. The summed E-state index contributed by atoms with van der Waals surface area (Å²) in [4.78, 5) is 0. The standard InChI is InChI=1S/C30H40N2/c1-9-21-16-25(14-19(3)27(21)31)29(5,6)23-12-11-13-24(18-23)30(7,8)26-15-20(4)28(32)22(10-2)17-26/h11-18H,9-10,31-32H2,1-8H3. The van der Waals surface area contributed by atoms with Crippen molar-refractivity contribution < 1.29 is 0 Å². The highest BCUT2D eigenvalue weighted by molar-refractivity contribution is 5.59. The molecular formula is C30H40N2. The van der Waals surface area contributed by atoms with Crippen LogP contribution in [0.25, 0.3) is 0 Å². The second-order valence-corrected chi connectivity index (χ2v) is 10.3. The highest BCUT2D eigenvalue weighted by atomic mass is 14.6. The number of aryl methyl sites for hydroxylation is 4. The molecular weight excluding hydrogens is 388 g/mol. The Balaban J connectivity index is 2.10. The summed E-state index contributed by atoms with van der Waals surface area (Å²) in [6.45, 7) is 17.8. The zero-order valence-corrected chi connectivity index (χ0v) is 21.2. The maximum Gasteiger partial charge on any atom is 0.0376 e. The number of rotatable bonds is 6. The van der Waals surface area contributed by atoms with Crippen molar-refractivity contribution in [3.8, 4) is 0 Å².